The number of carbonyl (C=O) groups is 2. The minimum atomic E-state index is -1.11. The van der Waals surface area contributed by atoms with Gasteiger partial charge in [0.25, 0.3) is 5.91 Å². The van der Waals surface area contributed by atoms with Gasteiger partial charge in [-0.05, 0) is 42.0 Å². The van der Waals surface area contributed by atoms with Gasteiger partial charge in [-0.2, -0.15) is 4.98 Å². The first-order chi connectivity index (χ1) is 18.4. The van der Waals surface area contributed by atoms with Crippen molar-refractivity contribution in [2.24, 2.45) is 5.73 Å². The van der Waals surface area contributed by atoms with Crippen molar-refractivity contribution in [1.82, 2.24) is 15.0 Å². The van der Waals surface area contributed by atoms with E-state index in [-0.39, 0.29) is 17.1 Å². The highest BCUT2D eigenvalue weighted by molar-refractivity contribution is 6.08. The number of nitrogens with one attached hydrogen (secondary N) is 1. The molecule has 0 spiro atoms. The van der Waals surface area contributed by atoms with Gasteiger partial charge in [-0.3, -0.25) is 9.78 Å². The van der Waals surface area contributed by atoms with Crippen LogP contribution in [0.3, 0.4) is 0 Å². The van der Waals surface area contributed by atoms with Gasteiger partial charge in [-0.25, -0.2) is 9.78 Å². The highest BCUT2D eigenvalue weighted by Gasteiger charge is 2.18. The molecule has 0 saturated carbocycles. The lowest BCUT2D eigenvalue weighted by Gasteiger charge is -2.15. The summed E-state index contributed by atoms with van der Waals surface area (Å²) in [5.41, 5.74) is 9.03. The number of carboxylic acid groups (broad SMARTS) is 1. The number of aromatic nitrogens is 3. The molecule has 38 heavy (non-hydrogen) atoms. The van der Waals surface area contributed by atoms with Gasteiger partial charge < -0.3 is 30.0 Å². The van der Waals surface area contributed by atoms with Crippen molar-refractivity contribution in [3.8, 4) is 34.3 Å². The second-order valence-electron chi connectivity index (χ2n) is 8.13. The Kier molecular flexibility index (Phi) is 6.32. The molecule has 0 aliphatic heterocycles. The maximum atomic E-state index is 12.3. The number of rotatable bonds is 8. The van der Waals surface area contributed by atoms with E-state index in [0.717, 1.165) is 5.56 Å². The van der Waals surface area contributed by atoms with Crippen LogP contribution in [0.5, 0.6) is 11.9 Å². The van der Waals surface area contributed by atoms with Gasteiger partial charge in [-0.1, -0.05) is 12.1 Å². The number of furan rings is 1. The van der Waals surface area contributed by atoms with Crippen LogP contribution in [0.15, 0.2) is 71.6 Å². The molecule has 11 heteroatoms. The molecule has 0 fully saturated rings. The van der Waals surface area contributed by atoms with Gasteiger partial charge in [0.15, 0.2) is 0 Å². The molecule has 4 N–H and O–H groups in total. The zero-order valence-corrected chi connectivity index (χ0v) is 20.3. The van der Waals surface area contributed by atoms with Crippen LogP contribution in [-0.4, -0.2) is 46.2 Å². The van der Waals surface area contributed by atoms with Gasteiger partial charge in [0.2, 0.25) is 5.88 Å². The lowest BCUT2D eigenvalue weighted by molar-refractivity contribution is 0.0696. The van der Waals surface area contributed by atoms with E-state index in [9.17, 15) is 14.7 Å². The first-order valence-electron chi connectivity index (χ1n) is 11.2. The monoisotopic (exact) mass is 511 g/mol. The van der Waals surface area contributed by atoms with Gasteiger partial charge in [0, 0.05) is 29.0 Å². The van der Waals surface area contributed by atoms with Crippen LogP contribution < -0.4 is 20.5 Å². The molecule has 0 bridgehead atoms. The van der Waals surface area contributed by atoms with Crippen molar-refractivity contribution in [2.75, 3.05) is 19.5 Å². The van der Waals surface area contributed by atoms with Gasteiger partial charge in [0.05, 0.1) is 48.4 Å². The molecule has 0 aliphatic carbocycles. The fraction of sp³-hybridized carbons (Fsp3) is 0.0741. The molecular weight excluding hydrogens is 490 g/mol. The summed E-state index contributed by atoms with van der Waals surface area (Å²) in [6, 6.07) is 13.6. The van der Waals surface area contributed by atoms with Crippen LogP contribution in [0.25, 0.3) is 33.4 Å². The minimum Gasteiger partial charge on any atom is -0.480 e. The number of anilines is 2. The van der Waals surface area contributed by atoms with Crippen LogP contribution in [-0.2, 0) is 0 Å². The van der Waals surface area contributed by atoms with Crippen LogP contribution in [0.2, 0.25) is 0 Å². The van der Waals surface area contributed by atoms with E-state index in [1.54, 1.807) is 42.6 Å². The van der Waals surface area contributed by atoms with Crippen molar-refractivity contribution >= 4 is 34.2 Å². The smallest absolute Gasteiger partial charge is 0.335 e. The fourth-order valence-electron chi connectivity index (χ4n) is 4.04. The van der Waals surface area contributed by atoms with Gasteiger partial charge in [-0.15, -0.1) is 0 Å². The first kappa shape index (κ1) is 24.3. The average molecular weight is 511 g/mol. The Labute approximate surface area is 215 Å². The van der Waals surface area contributed by atoms with E-state index < -0.39 is 11.9 Å². The van der Waals surface area contributed by atoms with Crippen molar-refractivity contribution in [2.45, 2.75) is 0 Å². The van der Waals surface area contributed by atoms with E-state index in [2.05, 4.69) is 20.3 Å². The SMILES string of the molecule is COc1ncc(-c2ccc3c(Nc4cc(C(=O)O)cc(-c5ccco5)c4)c(C(N)=O)cnc3c2)c(OC)n1. The molecule has 2 aromatic carbocycles. The summed E-state index contributed by atoms with van der Waals surface area (Å²) in [4.78, 5) is 36.9. The third-order valence-corrected chi connectivity index (χ3v) is 5.81. The summed E-state index contributed by atoms with van der Waals surface area (Å²) < 4.78 is 15.9. The summed E-state index contributed by atoms with van der Waals surface area (Å²) >= 11 is 0. The largest absolute Gasteiger partial charge is 0.480 e. The number of fused-ring (bicyclic) bond motifs is 1. The zero-order chi connectivity index (χ0) is 26.8. The van der Waals surface area contributed by atoms with Gasteiger partial charge >= 0.3 is 12.0 Å². The lowest BCUT2D eigenvalue weighted by Crippen LogP contribution is -2.14. The Morgan fingerprint density at radius 1 is 1.00 bits per heavy atom. The minimum absolute atomic E-state index is 0.0364. The van der Waals surface area contributed by atoms with E-state index in [1.165, 1.54) is 38.8 Å². The van der Waals surface area contributed by atoms with Crippen LogP contribution >= 0.6 is 0 Å². The number of carbonyl (C=O) groups excluding carboxylic acids is 1. The molecule has 5 aromatic rings. The van der Waals surface area contributed by atoms with E-state index in [1.807, 2.05) is 0 Å². The number of pyridine rings is 1. The molecule has 190 valence electrons. The summed E-state index contributed by atoms with van der Waals surface area (Å²) in [6.45, 7) is 0. The molecule has 0 atom stereocenters. The second-order valence-corrected chi connectivity index (χ2v) is 8.13. The van der Waals surface area contributed by atoms with Gasteiger partial charge in [0.1, 0.15) is 5.76 Å². The Bertz CT molecular complexity index is 1680. The van der Waals surface area contributed by atoms with Crippen LogP contribution in [0.1, 0.15) is 20.7 Å². The quantitative estimate of drug-likeness (QED) is 0.270. The second kappa shape index (κ2) is 9.90. The van der Waals surface area contributed by atoms with Crippen LogP contribution in [0.4, 0.5) is 11.4 Å². The lowest BCUT2D eigenvalue weighted by atomic mass is 10.0. The van der Waals surface area contributed by atoms with Crippen molar-refractivity contribution < 1.29 is 28.6 Å². The number of aromatic carboxylic acids is 1. The Balaban J connectivity index is 1.63. The number of nitrogens with two attached hydrogens (primary N) is 1. The number of methoxy groups -OCH3 is 2. The summed E-state index contributed by atoms with van der Waals surface area (Å²) in [5, 5.41) is 13.4. The maximum Gasteiger partial charge on any atom is 0.335 e. The number of primary amides is 1. The van der Waals surface area contributed by atoms with Crippen molar-refractivity contribution in [3.63, 3.8) is 0 Å². The van der Waals surface area contributed by atoms with E-state index >= 15 is 0 Å². The Hall–Kier alpha value is -5.45. The number of hydrogen-bond donors (Lipinski definition) is 3. The highest BCUT2D eigenvalue weighted by Crippen LogP contribution is 2.35. The molecule has 0 radical (unpaired) electrons. The molecule has 3 heterocycles. The van der Waals surface area contributed by atoms with E-state index in [4.69, 9.17) is 19.6 Å². The molecule has 11 nitrogen and oxygen atoms in total. The standard InChI is InChI=1S/C27H21N5O6/c1-36-25-19(12-30-27(32-25)37-2)14-5-6-18-21(11-14)29-13-20(24(28)33)23(18)31-17-9-15(22-4-3-7-38-22)8-16(10-17)26(34)35/h3-13H,1-2H3,(H2,28,33)(H,29,31)(H,34,35). The number of benzene rings is 2. The maximum absolute atomic E-state index is 12.3. The fourth-order valence-corrected chi connectivity index (χ4v) is 4.04. The third kappa shape index (κ3) is 4.55. The number of ether oxygens (including phenoxy) is 2. The highest BCUT2D eigenvalue weighted by atomic mass is 16.5. The Morgan fingerprint density at radius 2 is 1.84 bits per heavy atom. The molecule has 1 amide bonds. The molecule has 3 aromatic heterocycles. The molecule has 0 unspecified atom stereocenters. The zero-order valence-electron chi connectivity index (χ0n) is 20.3. The average Bonchev–Trinajstić information content (AvgIpc) is 3.47. The number of amides is 1. The van der Waals surface area contributed by atoms with Crippen LogP contribution in [0, 0.1) is 0 Å². The van der Waals surface area contributed by atoms with E-state index in [0.29, 0.717) is 45.0 Å². The summed E-state index contributed by atoms with van der Waals surface area (Å²) in [6.07, 6.45) is 4.45. The molecule has 0 saturated heterocycles. The topological polar surface area (TPSA) is 163 Å². The summed E-state index contributed by atoms with van der Waals surface area (Å²) in [5.74, 6) is -1.00. The molecule has 0 aliphatic rings. The molecular formula is C27H21N5O6. The van der Waals surface area contributed by atoms with Crippen molar-refractivity contribution in [1.29, 1.82) is 0 Å². The normalized spacial score (nSPS) is 10.8. The number of carboxylic acids is 1. The first-order valence-corrected chi connectivity index (χ1v) is 11.2. The Morgan fingerprint density at radius 3 is 2.53 bits per heavy atom. The third-order valence-electron chi connectivity index (χ3n) is 5.81. The predicted octanol–water partition coefficient (Wildman–Crippen LogP) is 4.51. The predicted molar refractivity (Wildman–Crippen MR) is 139 cm³/mol. The summed E-state index contributed by atoms with van der Waals surface area (Å²) in [7, 11) is 2.96. The number of hydrogen-bond acceptors (Lipinski definition) is 9. The van der Waals surface area contributed by atoms with Crippen molar-refractivity contribution in [3.05, 3.63) is 78.3 Å². The number of nitrogens with zero attached hydrogens (tertiary/aromatic N) is 3. The molecule has 5 rings (SSSR count).